The lowest BCUT2D eigenvalue weighted by molar-refractivity contribution is 0.0739. The van der Waals surface area contributed by atoms with E-state index in [1.54, 1.807) is 21.5 Å². The van der Waals surface area contributed by atoms with Gasteiger partial charge in [0.25, 0.3) is 5.56 Å². The average molecular weight is 408 g/mol. The van der Waals surface area contributed by atoms with Gasteiger partial charge >= 0.3 is 0 Å². The van der Waals surface area contributed by atoms with Crippen molar-refractivity contribution in [1.29, 1.82) is 0 Å². The van der Waals surface area contributed by atoms with E-state index in [-0.39, 0.29) is 5.56 Å². The van der Waals surface area contributed by atoms with Gasteiger partial charge in [0.05, 0.1) is 23.6 Å². The normalized spacial score (nSPS) is 17.2. The van der Waals surface area contributed by atoms with Crippen LogP contribution in [0.1, 0.15) is 41.2 Å². The lowest BCUT2D eigenvalue weighted by Gasteiger charge is -2.39. The molecule has 1 aliphatic heterocycles. The molecule has 0 atom stereocenters. The molecule has 8 nitrogen and oxygen atoms in total. The number of rotatable bonds is 5. The molecule has 3 aromatic heterocycles. The van der Waals surface area contributed by atoms with Gasteiger partial charge in [-0.05, 0) is 57.2 Å². The van der Waals surface area contributed by atoms with Crippen molar-refractivity contribution in [3.63, 3.8) is 0 Å². The zero-order valence-corrected chi connectivity index (χ0v) is 18.0. The van der Waals surface area contributed by atoms with Gasteiger partial charge < -0.3 is 0 Å². The Balaban J connectivity index is 1.25. The van der Waals surface area contributed by atoms with Crippen LogP contribution in [0.2, 0.25) is 0 Å². The van der Waals surface area contributed by atoms with Crippen LogP contribution in [0.25, 0.3) is 5.82 Å². The van der Waals surface area contributed by atoms with E-state index in [1.165, 1.54) is 29.8 Å². The summed E-state index contributed by atoms with van der Waals surface area (Å²) in [6, 6.07) is 5.35. The predicted molar refractivity (Wildman–Crippen MR) is 114 cm³/mol. The molecule has 1 aliphatic carbocycles. The number of hydrogen-bond acceptors (Lipinski definition) is 5. The van der Waals surface area contributed by atoms with Crippen LogP contribution < -0.4 is 5.56 Å². The minimum Gasteiger partial charge on any atom is -0.297 e. The maximum atomic E-state index is 12.4. The van der Waals surface area contributed by atoms with Gasteiger partial charge in [0.1, 0.15) is 0 Å². The molecular weight excluding hydrogens is 378 g/mol. The summed E-state index contributed by atoms with van der Waals surface area (Å²) in [5.74, 6) is 1.13. The monoisotopic (exact) mass is 407 g/mol. The van der Waals surface area contributed by atoms with Crippen molar-refractivity contribution in [2.75, 3.05) is 13.1 Å². The van der Waals surface area contributed by atoms with Crippen molar-refractivity contribution in [2.45, 2.75) is 52.6 Å². The molecule has 30 heavy (non-hydrogen) atoms. The summed E-state index contributed by atoms with van der Waals surface area (Å²) in [5, 5.41) is 13.8. The van der Waals surface area contributed by atoms with E-state index in [0.29, 0.717) is 18.3 Å². The summed E-state index contributed by atoms with van der Waals surface area (Å²) in [6.07, 6.45) is 4.81. The van der Waals surface area contributed by atoms with Gasteiger partial charge in [-0.15, -0.1) is 5.10 Å². The van der Waals surface area contributed by atoms with Crippen molar-refractivity contribution in [3.05, 3.63) is 56.9 Å². The quantitative estimate of drug-likeness (QED) is 0.645. The van der Waals surface area contributed by atoms with E-state index in [9.17, 15) is 4.79 Å². The number of nitrogens with zero attached hydrogens (tertiary/aromatic N) is 7. The Morgan fingerprint density at radius 3 is 2.63 bits per heavy atom. The van der Waals surface area contributed by atoms with E-state index in [2.05, 4.69) is 26.8 Å². The standard InChI is InChI=1S/C22H29N7O/c1-15-10-16(2)29(23-15)21-8-9-22(30)28(25-21)13-17-11-27(12-17)14-20-18-6-4-5-7-19(18)24-26(20)3/h8-10,17H,4-7,11-14H2,1-3H3. The summed E-state index contributed by atoms with van der Waals surface area (Å²) in [5.41, 5.74) is 6.04. The summed E-state index contributed by atoms with van der Waals surface area (Å²) < 4.78 is 5.47. The van der Waals surface area contributed by atoms with Gasteiger partial charge in [-0.3, -0.25) is 14.4 Å². The second-order valence-electron chi connectivity index (χ2n) is 8.81. The van der Waals surface area contributed by atoms with E-state index in [1.807, 2.05) is 19.9 Å². The molecule has 0 saturated carbocycles. The number of aromatic nitrogens is 6. The maximum Gasteiger partial charge on any atom is 0.266 e. The molecule has 0 amide bonds. The van der Waals surface area contributed by atoms with Crippen molar-refractivity contribution >= 4 is 0 Å². The molecule has 0 unspecified atom stereocenters. The third kappa shape index (κ3) is 3.49. The highest BCUT2D eigenvalue weighted by Crippen LogP contribution is 2.27. The third-order valence-electron chi connectivity index (χ3n) is 6.36. The van der Waals surface area contributed by atoms with Gasteiger partial charge in [-0.25, -0.2) is 9.36 Å². The fourth-order valence-electron chi connectivity index (χ4n) is 4.87. The second-order valence-corrected chi connectivity index (χ2v) is 8.81. The first kappa shape index (κ1) is 19.2. The van der Waals surface area contributed by atoms with Gasteiger partial charge in [0, 0.05) is 44.4 Å². The zero-order chi connectivity index (χ0) is 20.8. The number of fused-ring (bicyclic) bond motifs is 1. The first-order chi connectivity index (χ1) is 14.5. The molecule has 0 N–H and O–H groups in total. The minimum atomic E-state index is -0.0561. The number of aryl methyl sites for hydroxylation is 4. The predicted octanol–water partition coefficient (Wildman–Crippen LogP) is 1.79. The molecule has 2 aliphatic rings. The molecular formula is C22H29N7O. The SMILES string of the molecule is Cc1cc(C)n(-c2ccc(=O)n(CC3CN(Cc4c5c(nn4C)CCCC5)C3)n2)n1. The molecule has 0 aromatic carbocycles. The Hall–Kier alpha value is -2.74. The first-order valence-electron chi connectivity index (χ1n) is 10.9. The topological polar surface area (TPSA) is 73.8 Å². The highest BCUT2D eigenvalue weighted by molar-refractivity contribution is 5.29. The van der Waals surface area contributed by atoms with Gasteiger partial charge in [-0.1, -0.05) is 0 Å². The van der Waals surface area contributed by atoms with Crippen molar-refractivity contribution < 1.29 is 0 Å². The minimum absolute atomic E-state index is 0.0561. The van der Waals surface area contributed by atoms with E-state index >= 15 is 0 Å². The molecule has 4 heterocycles. The van der Waals surface area contributed by atoms with E-state index < -0.39 is 0 Å². The molecule has 0 radical (unpaired) electrons. The van der Waals surface area contributed by atoms with Gasteiger partial charge in [0.2, 0.25) is 0 Å². The molecule has 0 bridgehead atoms. The van der Waals surface area contributed by atoms with Crippen LogP contribution in [0, 0.1) is 19.8 Å². The van der Waals surface area contributed by atoms with Crippen LogP contribution in [-0.4, -0.2) is 47.3 Å². The van der Waals surface area contributed by atoms with Crippen LogP contribution in [-0.2, 0) is 33.0 Å². The summed E-state index contributed by atoms with van der Waals surface area (Å²) in [4.78, 5) is 14.8. The maximum absolute atomic E-state index is 12.4. The van der Waals surface area contributed by atoms with Gasteiger partial charge in [-0.2, -0.15) is 10.2 Å². The fraction of sp³-hybridized carbons (Fsp3) is 0.545. The Labute approximate surface area is 176 Å². The van der Waals surface area contributed by atoms with Crippen LogP contribution in [0.3, 0.4) is 0 Å². The third-order valence-corrected chi connectivity index (χ3v) is 6.36. The largest absolute Gasteiger partial charge is 0.297 e. The molecule has 3 aromatic rings. The zero-order valence-electron chi connectivity index (χ0n) is 18.0. The van der Waals surface area contributed by atoms with E-state index in [0.717, 1.165) is 43.9 Å². The lowest BCUT2D eigenvalue weighted by atomic mass is 9.94. The molecule has 1 fully saturated rings. The van der Waals surface area contributed by atoms with Crippen molar-refractivity contribution in [3.8, 4) is 5.82 Å². The van der Waals surface area contributed by atoms with Crippen LogP contribution in [0.15, 0.2) is 23.0 Å². The Kier molecular flexibility index (Phi) is 4.81. The van der Waals surface area contributed by atoms with E-state index in [4.69, 9.17) is 5.10 Å². The van der Waals surface area contributed by atoms with Gasteiger partial charge in [0.15, 0.2) is 5.82 Å². The molecule has 5 rings (SSSR count). The number of likely N-dealkylation sites (tertiary alicyclic amines) is 1. The molecule has 1 saturated heterocycles. The fourth-order valence-corrected chi connectivity index (χ4v) is 4.87. The van der Waals surface area contributed by atoms with Crippen LogP contribution >= 0.6 is 0 Å². The summed E-state index contributed by atoms with van der Waals surface area (Å²) >= 11 is 0. The van der Waals surface area contributed by atoms with Crippen LogP contribution in [0.5, 0.6) is 0 Å². The lowest BCUT2D eigenvalue weighted by Crippen LogP contribution is -2.49. The smallest absolute Gasteiger partial charge is 0.266 e. The second kappa shape index (κ2) is 7.50. The molecule has 158 valence electrons. The molecule has 0 spiro atoms. The van der Waals surface area contributed by atoms with Crippen molar-refractivity contribution in [1.82, 2.24) is 34.2 Å². The summed E-state index contributed by atoms with van der Waals surface area (Å²) in [7, 11) is 2.07. The molecule has 8 heteroatoms. The number of hydrogen-bond donors (Lipinski definition) is 0. The summed E-state index contributed by atoms with van der Waals surface area (Å²) in [6.45, 7) is 7.52. The highest BCUT2D eigenvalue weighted by Gasteiger charge is 2.30. The van der Waals surface area contributed by atoms with Crippen molar-refractivity contribution in [2.24, 2.45) is 13.0 Å². The van der Waals surface area contributed by atoms with Crippen LogP contribution in [0.4, 0.5) is 0 Å². The Bertz CT molecular complexity index is 1130. The highest BCUT2D eigenvalue weighted by atomic mass is 16.1. The Morgan fingerprint density at radius 2 is 1.87 bits per heavy atom. The average Bonchev–Trinajstić information content (AvgIpc) is 3.19. The first-order valence-corrected chi connectivity index (χ1v) is 10.9. The Morgan fingerprint density at radius 1 is 1.07 bits per heavy atom.